The van der Waals surface area contributed by atoms with Gasteiger partial charge >= 0.3 is 0 Å². The molecular formula is C34H25N3OS. The molecule has 0 unspecified atom stereocenters. The van der Waals surface area contributed by atoms with E-state index in [9.17, 15) is 5.11 Å². The van der Waals surface area contributed by atoms with Crippen molar-refractivity contribution >= 4 is 63.4 Å². The largest absolute Gasteiger partial charge is 0.506 e. The number of aromatic nitrogens is 1. The zero-order valence-electron chi connectivity index (χ0n) is 21.1. The molecule has 2 aromatic heterocycles. The number of para-hydroxylation sites is 2. The Kier molecular flexibility index (Phi) is 6.97. The zero-order valence-corrected chi connectivity index (χ0v) is 21.9. The molecule has 6 rings (SSSR count). The lowest BCUT2D eigenvalue weighted by molar-refractivity contribution is 0.480. The van der Waals surface area contributed by atoms with E-state index in [0.717, 1.165) is 43.5 Å². The van der Waals surface area contributed by atoms with Crippen molar-refractivity contribution in [3.8, 4) is 5.75 Å². The van der Waals surface area contributed by atoms with Gasteiger partial charge in [-0.3, -0.25) is 9.98 Å². The normalized spacial score (nSPS) is 11.5. The van der Waals surface area contributed by atoms with Gasteiger partial charge in [-0.05, 0) is 84.4 Å². The lowest BCUT2D eigenvalue weighted by atomic mass is 10.1. The minimum absolute atomic E-state index is 0.161. The van der Waals surface area contributed by atoms with Gasteiger partial charge < -0.3 is 10.0 Å². The summed E-state index contributed by atoms with van der Waals surface area (Å²) in [4.78, 5) is 13.4. The van der Waals surface area contributed by atoms with Gasteiger partial charge in [0.25, 0.3) is 0 Å². The zero-order chi connectivity index (χ0) is 26.4. The highest BCUT2D eigenvalue weighted by Crippen LogP contribution is 2.34. The molecule has 0 bridgehead atoms. The van der Waals surface area contributed by atoms with Gasteiger partial charge in [-0.2, -0.15) is 0 Å². The molecule has 0 aliphatic heterocycles. The summed E-state index contributed by atoms with van der Waals surface area (Å²) in [6, 6.07) is 40.8. The van der Waals surface area contributed by atoms with E-state index in [1.807, 2.05) is 36.5 Å². The van der Waals surface area contributed by atoms with Gasteiger partial charge in [0.2, 0.25) is 0 Å². The number of aromatic hydroxyl groups is 1. The second-order valence-electron chi connectivity index (χ2n) is 8.93. The summed E-state index contributed by atoms with van der Waals surface area (Å²) in [5, 5.41) is 10.9. The minimum atomic E-state index is 0.161. The number of thiophene rings is 1. The first-order chi connectivity index (χ1) is 19.2. The van der Waals surface area contributed by atoms with E-state index in [2.05, 4.69) is 112 Å². The molecule has 39 heavy (non-hydrogen) atoms. The second kappa shape index (κ2) is 11.2. The number of pyridine rings is 1. The van der Waals surface area contributed by atoms with Crippen LogP contribution in [0, 0.1) is 0 Å². The highest BCUT2D eigenvalue weighted by molar-refractivity contribution is 7.14. The van der Waals surface area contributed by atoms with Gasteiger partial charge in [0, 0.05) is 44.6 Å². The number of anilines is 3. The molecule has 4 nitrogen and oxygen atoms in total. The third-order valence-electron chi connectivity index (χ3n) is 6.32. The molecule has 0 saturated carbocycles. The van der Waals surface area contributed by atoms with Crippen molar-refractivity contribution in [2.45, 2.75) is 0 Å². The van der Waals surface area contributed by atoms with Crippen LogP contribution in [-0.4, -0.2) is 16.3 Å². The number of hydrogen-bond donors (Lipinski definition) is 1. The number of benzene rings is 4. The number of nitrogens with zero attached hydrogens (tertiary/aromatic N) is 3. The maximum Gasteiger partial charge on any atom is 0.141 e. The van der Waals surface area contributed by atoms with Crippen LogP contribution >= 0.6 is 11.3 Å². The van der Waals surface area contributed by atoms with E-state index in [-0.39, 0.29) is 5.75 Å². The van der Waals surface area contributed by atoms with Gasteiger partial charge in [-0.1, -0.05) is 54.6 Å². The molecule has 4 aromatic carbocycles. The molecular weight excluding hydrogens is 498 g/mol. The maximum atomic E-state index is 10.1. The summed E-state index contributed by atoms with van der Waals surface area (Å²) in [5.74, 6) is 0.161. The third-order valence-corrected chi connectivity index (χ3v) is 7.31. The van der Waals surface area contributed by atoms with E-state index >= 15 is 0 Å². The monoisotopic (exact) mass is 523 g/mol. The molecule has 0 amide bonds. The van der Waals surface area contributed by atoms with Gasteiger partial charge in [0.1, 0.15) is 11.3 Å². The molecule has 0 radical (unpaired) electrons. The fourth-order valence-corrected chi connectivity index (χ4v) is 5.22. The second-order valence-corrected chi connectivity index (χ2v) is 10.1. The Hall–Kier alpha value is -5.00. The van der Waals surface area contributed by atoms with E-state index in [0.29, 0.717) is 5.52 Å². The van der Waals surface area contributed by atoms with E-state index < -0.39 is 0 Å². The molecule has 0 saturated heterocycles. The molecule has 0 aliphatic carbocycles. The third kappa shape index (κ3) is 5.49. The van der Waals surface area contributed by atoms with Gasteiger partial charge in [-0.25, -0.2) is 0 Å². The predicted molar refractivity (Wildman–Crippen MR) is 165 cm³/mol. The van der Waals surface area contributed by atoms with E-state index in [1.165, 1.54) is 0 Å². The highest BCUT2D eigenvalue weighted by Gasteiger charge is 2.11. The fraction of sp³-hybridized carbons (Fsp3) is 0. The predicted octanol–water partition coefficient (Wildman–Crippen LogP) is 9.39. The van der Waals surface area contributed by atoms with Crippen LogP contribution in [0.15, 0.2) is 133 Å². The van der Waals surface area contributed by atoms with Crippen molar-refractivity contribution in [1.82, 2.24) is 4.98 Å². The fourth-order valence-electron chi connectivity index (χ4n) is 4.43. The molecule has 2 heterocycles. The van der Waals surface area contributed by atoms with Gasteiger partial charge in [0.05, 0.1) is 5.69 Å². The molecule has 1 N–H and O–H groups in total. The van der Waals surface area contributed by atoms with Crippen LogP contribution in [0.2, 0.25) is 0 Å². The highest BCUT2D eigenvalue weighted by atomic mass is 32.1. The van der Waals surface area contributed by atoms with E-state index in [4.69, 9.17) is 0 Å². The SMILES string of the molecule is Oc1ccc(N=Cc2ccc(/C=C/c3ccc(N(c4ccccc4)c4ccccc4)cc3)s2)c2cccnc12. The summed E-state index contributed by atoms with van der Waals surface area (Å²) in [7, 11) is 0. The number of rotatable bonds is 7. The Bertz CT molecular complexity index is 1720. The van der Waals surface area contributed by atoms with Crippen molar-refractivity contribution in [3.63, 3.8) is 0 Å². The summed E-state index contributed by atoms with van der Waals surface area (Å²) >= 11 is 1.67. The van der Waals surface area contributed by atoms with Crippen LogP contribution < -0.4 is 4.90 Å². The number of hydrogen-bond acceptors (Lipinski definition) is 5. The van der Waals surface area contributed by atoms with Crippen LogP contribution in [0.5, 0.6) is 5.75 Å². The molecule has 6 aromatic rings. The average Bonchev–Trinajstić information content (AvgIpc) is 3.46. The van der Waals surface area contributed by atoms with Crippen molar-refractivity contribution in [3.05, 3.63) is 143 Å². The van der Waals surface area contributed by atoms with Crippen molar-refractivity contribution in [2.24, 2.45) is 4.99 Å². The molecule has 5 heteroatoms. The molecule has 0 spiro atoms. The lowest BCUT2D eigenvalue weighted by Crippen LogP contribution is -2.09. The molecule has 188 valence electrons. The van der Waals surface area contributed by atoms with Gasteiger partial charge in [-0.15, -0.1) is 11.3 Å². The van der Waals surface area contributed by atoms with E-state index in [1.54, 1.807) is 23.6 Å². The molecule has 0 aliphatic rings. The Morgan fingerprint density at radius 3 is 2.03 bits per heavy atom. The smallest absolute Gasteiger partial charge is 0.141 e. The summed E-state index contributed by atoms with van der Waals surface area (Å²) < 4.78 is 0. The Morgan fingerprint density at radius 1 is 0.641 bits per heavy atom. The van der Waals surface area contributed by atoms with Gasteiger partial charge in [0.15, 0.2) is 0 Å². The van der Waals surface area contributed by atoms with Crippen LogP contribution in [0.25, 0.3) is 23.1 Å². The summed E-state index contributed by atoms with van der Waals surface area (Å²) in [6.07, 6.45) is 7.79. The number of fused-ring (bicyclic) bond motifs is 1. The quantitative estimate of drug-likeness (QED) is 0.212. The van der Waals surface area contributed by atoms with Crippen molar-refractivity contribution < 1.29 is 5.11 Å². The van der Waals surface area contributed by atoms with Crippen molar-refractivity contribution in [2.75, 3.05) is 4.90 Å². The van der Waals surface area contributed by atoms with Crippen LogP contribution in [0.1, 0.15) is 15.3 Å². The Balaban J connectivity index is 1.19. The summed E-state index contributed by atoms with van der Waals surface area (Å²) in [5.41, 5.74) is 5.82. The van der Waals surface area contributed by atoms with Crippen LogP contribution in [-0.2, 0) is 0 Å². The topological polar surface area (TPSA) is 48.7 Å². The number of aliphatic imine (C=N–C) groups is 1. The maximum absolute atomic E-state index is 10.1. The Labute approximate surface area is 231 Å². The molecule has 0 fully saturated rings. The Morgan fingerprint density at radius 2 is 1.31 bits per heavy atom. The number of phenolic OH excluding ortho intramolecular Hbond substituents is 1. The summed E-state index contributed by atoms with van der Waals surface area (Å²) in [6.45, 7) is 0. The van der Waals surface area contributed by atoms with Crippen LogP contribution in [0.4, 0.5) is 22.7 Å². The first-order valence-electron chi connectivity index (χ1n) is 12.6. The minimum Gasteiger partial charge on any atom is -0.506 e. The molecule has 0 atom stereocenters. The van der Waals surface area contributed by atoms with Crippen molar-refractivity contribution in [1.29, 1.82) is 0 Å². The first kappa shape index (κ1) is 24.3. The standard InChI is InChI=1S/C34H25N3OS/c38-33-22-21-32(31-12-7-23-35-34(31)33)36-24-30-20-19-29(39-30)18-15-25-13-16-28(17-14-25)37(26-8-3-1-4-9-26)27-10-5-2-6-11-27/h1-24,38H/b18-15+,36-24?. The average molecular weight is 524 g/mol. The van der Waals surface area contributed by atoms with Crippen LogP contribution in [0.3, 0.4) is 0 Å². The number of phenols is 1. The first-order valence-corrected chi connectivity index (χ1v) is 13.5. The lowest BCUT2D eigenvalue weighted by Gasteiger charge is -2.25.